The van der Waals surface area contributed by atoms with Crippen molar-refractivity contribution >= 4 is 17.2 Å². The van der Waals surface area contributed by atoms with Gasteiger partial charge in [0.05, 0.1) is 5.41 Å². The SMILES string of the molecule is CC(C)N1CCC(CNC(=O)C2(c3cccs3)CCCC2)CC1. The molecular formula is C19H30N2OS. The third kappa shape index (κ3) is 3.63. The number of nitrogens with zero attached hydrogens (tertiary/aromatic N) is 1. The first-order chi connectivity index (χ1) is 11.1. The Morgan fingerprint density at radius 2 is 2.04 bits per heavy atom. The molecule has 1 aromatic heterocycles. The fourth-order valence-electron chi connectivity index (χ4n) is 4.19. The van der Waals surface area contributed by atoms with Crippen molar-refractivity contribution in [1.29, 1.82) is 0 Å². The van der Waals surface area contributed by atoms with E-state index in [1.807, 2.05) is 0 Å². The Labute approximate surface area is 144 Å². The van der Waals surface area contributed by atoms with Gasteiger partial charge in [-0.05, 0) is 70.0 Å². The minimum Gasteiger partial charge on any atom is -0.355 e. The van der Waals surface area contributed by atoms with E-state index in [4.69, 9.17) is 0 Å². The van der Waals surface area contributed by atoms with Crippen molar-refractivity contribution < 1.29 is 4.79 Å². The Balaban J connectivity index is 1.55. The second-order valence-electron chi connectivity index (χ2n) is 7.55. The number of piperidine rings is 1. The Morgan fingerprint density at radius 3 is 2.61 bits per heavy atom. The van der Waals surface area contributed by atoms with E-state index < -0.39 is 0 Å². The van der Waals surface area contributed by atoms with Gasteiger partial charge in [-0.15, -0.1) is 11.3 Å². The van der Waals surface area contributed by atoms with Crippen LogP contribution in [0, 0.1) is 5.92 Å². The van der Waals surface area contributed by atoms with E-state index in [2.05, 4.69) is 41.6 Å². The molecular weight excluding hydrogens is 304 g/mol. The van der Waals surface area contributed by atoms with E-state index in [1.54, 1.807) is 11.3 Å². The number of thiophene rings is 1. The second-order valence-corrected chi connectivity index (χ2v) is 8.50. The molecule has 2 heterocycles. The molecule has 4 heteroatoms. The zero-order valence-electron chi connectivity index (χ0n) is 14.5. The summed E-state index contributed by atoms with van der Waals surface area (Å²) in [5, 5.41) is 5.42. The largest absolute Gasteiger partial charge is 0.355 e. The Kier molecular flexibility index (Phi) is 5.42. The number of nitrogens with one attached hydrogen (secondary N) is 1. The van der Waals surface area contributed by atoms with E-state index >= 15 is 0 Å². The maximum atomic E-state index is 13.0. The average Bonchev–Trinajstić information content (AvgIpc) is 3.24. The highest BCUT2D eigenvalue weighted by atomic mass is 32.1. The first kappa shape index (κ1) is 17.0. The summed E-state index contributed by atoms with van der Waals surface area (Å²) in [6.45, 7) is 7.75. The quantitative estimate of drug-likeness (QED) is 0.888. The van der Waals surface area contributed by atoms with Gasteiger partial charge in [-0.25, -0.2) is 0 Å². The maximum absolute atomic E-state index is 13.0. The molecule has 0 unspecified atom stereocenters. The molecule has 3 nitrogen and oxygen atoms in total. The lowest BCUT2D eigenvalue weighted by Gasteiger charge is -2.35. The molecule has 0 aromatic carbocycles. The van der Waals surface area contributed by atoms with Gasteiger partial charge in [0.1, 0.15) is 0 Å². The summed E-state index contributed by atoms with van der Waals surface area (Å²) in [6, 6.07) is 4.87. The molecule has 23 heavy (non-hydrogen) atoms. The molecule has 128 valence electrons. The molecule has 1 saturated carbocycles. The van der Waals surface area contributed by atoms with Crippen molar-refractivity contribution in [3.8, 4) is 0 Å². The highest BCUT2D eigenvalue weighted by Crippen LogP contribution is 2.43. The minimum absolute atomic E-state index is 0.229. The van der Waals surface area contributed by atoms with E-state index in [0.717, 1.165) is 19.4 Å². The molecule has 1 amide bonds. The predicted molar refractivity (Wildman–Crippen MR) is 96.9 cm³/mol. The van der Waals surface area contributed by atoms with Crippen molar-refractivity contribution in [2.75, 3.05) is 19.6 Å². The summed E-state index contributed by atoms with van der Waals surface area (Å²) in [7, 11) is 0. The molecule has 3 rings (SSSR count). The van der Waals surface area contributed by atoms with Crippen LogP contribution >= 0.6 is 11.3 Å². The number of hydrogen-bond donors (Lipinski definition) is 1. The molecule has 1 aliphatic heterocycles. The number of carbonyl (C=O) groups is 1. The Hall–Kier alpha value is -0.870. The molecule has 0 bridgehead atoms. The topological polar surface area (TPSA) is 32.3 Å². The van der Waals surface area contributed by atoms with Crippen LogP contribution in [-0.4, -0.2) is 36.5 Å². The lowest BCUT2D eigenvalue weighted by molar-refractivity contribution is -0.126. The van der Waals surface area contributed by atoms with Crippen LogP contribution in [0.15, 0.2) is 17.5 Å². The van der Waals surface area contributed by atoms with Gasteiger partial charge in [0.2, 0.25) is 5.91 Å². The number of rotatable bonds is 5. The lowest BCUT2D eigenvalue weighted by atomic mass is 9.83. The molecule has 0 spiro atoms. The van der Waals surface area contributed by atoms with E-state index in [1.165, 1.54) is 43.6 Å². The van der Waals surface area contributed by atoms with Crippen LogP contribution in [0.4, 0.5) is 0 Å². The monoisotopic (exact) mass is 334 g/mol. The van der Waals surface area contributed by atoms with E-state index in [-0.39, 0.29) is 11.3 Å². The highest BCUT2D eigenvalue weighted by Gasteiger charge is 2.43. The van der Waals surface area contributed by atoms with Gasteiger partial charge < -0.3 is 10.2 Å². The van der Waals surface area contributed by atoms with Crippen molar-refractivity contribution in [1.82, 2.24) is 10.2 Å². The summed E-state index contributed by atoms with van der Waals surface area (Å²) >= 11 is 1.74. The summed E-state index contributed by atoms with van der Waals surface area (Å²) in [5.74, 6) is 0.930. The van der Waals surface area contributed by atoms with Gasteiger partial charge in [0.15, 0.2) is 0 Å². The van der Waals surface area contributed by atoms with Crippen LogP contribution in [0.25, 0.3) is 0 Å². The third-order valence-electron chi connectivity index (χ3n) is 5.82. The van der Waals surface area contributed by atoms with Gasteiger partial charge in [0.25, 0.3) is 0 Å². The van der Waals surface area contributed by atoms with Crippen molar-refractivity contribution in [3.63, 3.8) is 0 Å². The number of amides is 1. The Bertz CT molecular complexity index is 497. The standard InChI is InChI=1S/C19H30N2OS/c1-15(2)21-11-7-16(8-12-21)14-20-18(22)19(9-3-4-10-19)17-6-5-13-23-17/h5-6,13,15-16H,3-4,7-12,14H2,1-2H3,(H,20,22). The number of hydrogen-bond acceptors (Lipinski definition) is 3. The van der Waals surface area contributed by atoms with Gasteiger partial charge in [-0.3, -0.25) is 4.79 Å². The number of carbonyl (C=O) groups excluding carboxylic acids is 1. The second kappa shape index (κ2) is 7.35. The summed E-state index contributed by atoms with van der Waals surface area (Å²) in [4.78, 5) is 16.8. The molecule has 1 aliphatic carbocycles. The molecule has 2 fully saturated rings. The smallest absolute Gasteiger partial charge is 0.231 e. The van der Waals surface area contributed by atoms with E-state index in [0.29, 0.717) is 12.0 Å². The fraction of sp³-hybridized carbons (Fsp3) is 0.737. The van der Waals surface area contributed by atoms with Crippen LogP contribution in [0.5, 0.6) is 0 Å². The van der Waals surface area contributed by atoms with Crippen molar-refractivity contribution in [3.05, 3.63) is 22.4 Å². The fourth-order valence-corrected chi connectivity index (χ4v) is 5.18. The lowest BCUT2D eigenvalue weighted by Crippen LogP contribution is -2.46. The maximum Gasteiger partial charge on any atom is 0.231 e. The van der Waals surface area contributed by atoms with E-state index in [9.17, 15) is 4.79 Å². The first-order valence-electron chi connectivity index (χ1n) is 9.18. The Morgan fingerprint density at radius 1 is 1.35 bits per heavy atom. The molecule has 2 aliphatic rings. The van der Waals surface area contributed by atoms with Gasteiger partial charge in [0, 0.05) is 17.5 Å². The molecule has 0 radical (unpaired) electrons. The average molecular weight is 335 g/mol. The molecule has 1 aromatic rings. The first-order valence-corrected chi connectivity index (χ1v) is 10.1. The van der Waals surface area contributed by atoms with Crippen LogP contribution in [-0.2, 0) is 10.2 Å². The van der Waals surface area contributed by atoms with Crippen LogP contribution < -0.4 is 5.32 Å². The van der Waals surface area contributed by atoms with Gasteiger partial charge in [-0.2, -0.15) is 0 Å². The third-order valence-corrected chi connectivity index (χ3v) is 6.89. The molecule has 1 N–H and O–H groups in total. The van der Waals surface area contributed by atoms with Crippen LogP contribution in [0.3, 0.4) is 0 Å². The zero-order valence-corrected chi connectivity index (χ0v) is 15.3. The molecule has 0 atom stereocenters. The van der Waals surface area contributed by atoms with Crippen LogP contribution in [0.2, 0.25) is 0 Å². The van der Waals surface area contributed by atoms with Crippen LogP contribution in [0.1, 0.15) is 57.2 Å². The normalized spacial score (nSPS) is 22.6. The highest BCUT2D eigenvalue weighted by molar-refractivity contribution is 7.10. The zero-order chi connectivity index (χ0) is 16.3. The van der Waals surface area contributed by atoms with Crippen molar-refractivity contribution in [2.45, 2.75) is 63.8 Å². The minimum atomic E-state index is -0.229. The predicted octanol–water partition coefficient (Wildman–Crippen LogP) is 3.80. The summed E-state index contributed by atoms with van der Waals surface area (Å²) in [5.41, 5.74) is -0.229. The molecule has 1 saturated heterocycles. The summed E-state index contributed by atoms with van der Waals surface area (Å²) in [6.07, 6.45) is 6.82. The number of likely N-dealkylation sites (tertiary alicyclic amines) is 1. The summed E-state index contributed by atoms with van der Waals surface area (Å²) < 4.78 is 0. The van der Waals surface area contributed by atoms with Gasteiger partial charge >= 0.3 is 0 Å². The van der Waals surface area contributed by atoms with Crippen molar-refractivity contribution in [2.24, 2.45) is 5.92 Å². The van der Waals surface area contributed by atoms with Gasteiger partial charge in [-0.1, -0.05) is 18.9 Å².